The highest BCUT2D eigenvalue weighted by Gasteiger charge is 2.38. The van der Waals surface area contributed by atoms with Gasteiger partial charge in [0, 0.05) is 0 Å². The number of para-hydroxylation sites is 1. The molecule has 0 N–H and O–H groups in total. The molecule has 0 unspecified atom stereocenters. The molecule has 154 valence electrons. The highest BCUT2D eigenvalue weighted by molar-refractivity contribution is 7.99. The van der Waals surface area contributed by atoms with Gasteiger partial charge in [-0.1, -0.05) is 48.0 Å². The number of furan rings is 1. The maximum Gasteiger partial charge on any atom is 0.453 e. The highest BCUT2D eigenvalue weighted by atomic mass is 35.5. The van der Waals surface area contributed by atoms with Gasteiger partial charge in [-0.25, -0.2) is 0 Å². The molecule has 0 aliphatic rings. The van der Waals surface area contributed by atoms with E-state index in [1.807, 2.05) is 0 Å². The summed E-state index contributed by atoms with van der Waals surface area (Å²) in [5, 5.41) is 11.3. The third-order valence-corrected chi connectivity index (χ3v) is 4.80. The third kappa shape index (κ3) is 5.26. The number of hydrogen-bond acceptors (Lipinski definition) is 6. The van der Waals surface area contributed by atoms with Crippen LogP contribution in [0.4, 0.5) is 13.2 Å². The maximum absolute atomic E-state index is 13.1. The molecule has 3 aromatic rings. The topological polar surface area (TPSA) is 65.4 Å². The van der Waals surface area contributed by atoms with Crippen LogP contribution in [-0.4, -0.2) is 26.8 Å². The lowest BCUT2D eigenvalue weighted by Crippen LogP contribution is -2.13. The third-order valence-electron chi connectivity index (χ3n) is 3.40. The molecule has 6 nitrogen and oxygen atoms in total. The zero-order valence-electron chi connectivity index (χ0n) is 14.8. The van der Waals surface area contributed by atoms with Crippen molar-refractivity contribution >= 4 is 41.2 Å². The Morgan fingerprint density at radius 3 is 2.59 bits per heavy atom. The van der Waals surface area contributed by atoms with Gasteiger partial charge >= 0.3 is 6.18 Å². The number of halogens is 5. The smallest absolute Gasteiger partial charge is 0.453 e. The Balaban J connectivity index is 1.75. The fourth-order valence-electron chi connectivity index (χ4n) is 2.19. The van der Waals surface area contributed by atoms with Gasteiger partial charge in [0.15, 0.2) is 5.75 Å². The number of nitrogens with zero attached hydrogens (tertiary/aromatic N) is 4. The first kappa shape index (κ1) is 21.5. The van der Waals surface area contributed by atoms with E-state index in [0.717, 1.165) is 18.0 Å². The van der Waals surface area contributed by atoms with E-state index in [1.54, 1.807) is 37.3 Å². The summed E-state index contributed by atoms with van der Waals surface area (Å²) in [5.74, 6) is 0.239. The number of rotatable bonds is 7. The normalized spacial score (nSPS) is 12.1. The van der Waals surface area contributed by atoms with Crippen LogP contribution in [0.5, 0.6) is 5.75 Å². The minimum absolute atomic E-state index is 0.0225. The van der Waals surface area contributed by atoms with Crippen molar-refractivity contribution in [1.82, 2.24) is 14.9 Å². The predicted octanol–water partition coefficient (Wildman–Crippen LogP) is 5.77. The number of benzene rings is 1. The second-order valence-corrected chi connectivity index (χ2v) is 7.48. The minimum Gasteiger partial charge on any atom is -0.483 e. The molecule has 0 saturated carbocycles. The first-order chi connectivity index (χ1) is 13.8. The first-order valence-electron chi connectivity index (χ1n) is 8.15. The van der Waals surface area contributed by atoms with E-state index in [0.29, 0.717) is 32.0 Å². The number of alkyl halides is 3. The molecule has 12 heteroatoms. The molecule has 0 bridgehead atoms. The van der Waals surface area contributed by atoms with Crippen LogP contribution in [0.2, 0.25) is 10.0 Å². The van der Waals surface area contributed by atoms with Crippen LogP contribution in [0.1, 0.15) is 24.3 Å². The van der Waals surface area contributed by atoms with Crippen LogP contribution in [0, 0.1) is 0 Å². The molecular weight excluding hydrogens is 452 g/mol. The molecule has 0 saturated heterocycles. The van der Waals surface area contributed by atoms with E-state index in [9.17, 15) is 13.2 Å². The van der Waals surface area contributed by atoms with E-state index >= 15 is 0 Å². The van der Waals surface area contributed by atoms with Gasteiger partial charge in [0.05, 0.1) is 16.3 Å². The largest absolute Gasteiger partial charge is 0.483 e. The summed E-state index contributed by atoms with van der Waals surface area (Å²) in [6.45, 7) is 1.80. The number of ether oxygens (including phenoxy) is 1. The van der Waals surface area contributed by atoms with Crippen LogP contribution >= 0.6 is 35.0 Å². The Kier molecular flexibility index (Phi) is 6.76. The highest BCUT2D eigenvalue weighted by Crippen LogP contribution is 2.33. The Morgan fingerprint density at radius 1 is 1.21 bits per heavy atom. The monoisotopic (exact) mass is 464 g/mol. The fraction of sp³-hybridized carbons (Fsp3) is 0.235. The van der Waals surface area contributed by atoms with Gasteiger partial charge in [0.2, 0.25) is 5.16 Å². The molecule has 0 radical (unpaired) electrons. The Labute approximate surface area is 177 Å². The zero-order valence-corrected chi connectivity index (χ0v) is 17.1. The summed E-state index contributed by atoms with van der Waals surface area (Å²) in [7, 11) is 0. The van der Waals surface area contributed by atoms with Crippen molar-refractivity contribution < 1.29 is 22.3 Å². The summed E-state index contributed by atoms with van der Waals surface area (Å²) in [4.78, 5) is 0. The fourth-order valence-corrected chi connectivity index (χ4v) is 3.30. The first-order valence-corrected chi connectivity index (χ1v) is 9.89. The summed E-state index contributed by atoms with van der Waals surface area (Å²) >= 11 is 13.1. The van der Waals surface area contributed by atoms with Crippen LogP contribution < -0.4 is 4.74 Å². The van der Waals surface area contributed by atoms with Crippen LogP contribution in [0.15, 0.2) is 45.0 Å². The summed E-state index contributed by atoms with van der Waals surface area (Å²) in [5.41, 5.74) is 0. The molecule has 2 heterocycles. The van der Waals surface area contributed by atoms with E-state index in [4.69, 9.17) is 32.4 Å². The lowest BCUT2D eigenvalue weighted by atomic mass is 10.3. The molecule has 1 aromatic carbocycles. The van der Waals surface area contributed by atoms with Crippen LogP contribution in [0.3, 0.4) is 0 Å². The van der Waals surface area contributed by atoms with Crippen molar-refractivity contribution in [3.8, 4) is 5.75 Å². The van der Waals surface area contributed by atoms with Crippen LogP contribution in [0.25, 0.3) is 0 Å². The molecular formula is C17H13Cl2F3N4O2S. The summed E-state index contributed by atoms with van der Waals surface area (Å²) < 4.78 is 51.0. The Hall–Kier alpha value is -2.17. The average molecular weight is 465 g/mol. The molecule has 0 amide bonds. The molecule has 0 aliphatic carbocycles. The van der Waals surface area contributed by atoms with Gasteiger partial charge in [-0.2, -0.15) is 22.9 Å². The lowest BCUT2D eigenvalue weighted by Gasteiger charge is -2.08. The second kappa shape index (κ2) is 9.10. The van der Waals surface area contributed by atoms with Crippen LogP contribution in [-0.2, 0) is 12.8 Å². The van der Waals surface area contributed by atoms with Crippen molar-refractivity contribution in [1.29, 1.82) is 0 Å². The van der Waals surface area contributed by atoms with Gasteiger partial charge in [-0.15, -0.1) is 10.2 Å². The van der Waals surface area contributed by atoms with Crippen molar-refractivity contribution in [2.24, 2.45) is 5.10 Å². The maximum atomic E-state index is 13.1. The molecule has 29 heavy (non-hydrogen) atoms. The Morgan fingerprint density at radius 2 is 1.93 bits per heavy atom. The van der Waals surface area contributed by atoms with Crippen molar-refractivity contribution in [3.05, 3.63) is 57.7 Å². The van der Waals surface area contributed by atoms with Crippen molar-refractivity contribution in [2.45, 2.75) is 24.9 Å². The van der Waals surface area contributed by atoms with Crippen molar-refractivity contribution in [2.75, 3.05) is 5.75 Å². The summed E-state index contributed by atoms with van der Waals surface area (Å²) in [6, 6.07) is 8.09. The minimum atomic E-state index is -4.69. The molecule has 0 fully saturated rings. The quantitative estimate of drug-likeness (QED) is 0.328. The number of aromatic nitrogens is 3. The number of hydrogen-bond donors (Lipinski definition) is 0. The zero-order chi connectivity index (χ0) is 21.0. The van der Waals surface area contributed by atoms with Crippen molar-refractivity contribution in [3.63, 3.8) is 0 Å². The average Bonchev–Trinajstić information content (AvgIpc) is 3.26. The van der Waals surface area contributed by atoms with E-state index in [2.05, 4.69) is 15.3 Å². The van der Waals surface area contributed by atoms with E-state index < -0.39 is 12.0 Å². The number of thioether (sulfide) groups is 1. The lowest BCUT2D eigenvalue weighted by molar-refractivity contribution is -0.147. The Bertz CT molecular complexity index is 1000. The molecule has 0 spiro atoms. The van der Waals surface area contributed by atoms with Gasteiger partial charge in [0.25, 0.3) is 5.82 Å². The SMILES string of the molecule is CCSc1nnc(C(F)(F)F)n1/N=C\c1ccc(COc2c(Cl)cccc2Cl)o1. The molecule has 0 aliphatic heterocycles. The predicted molar refractivity (Wildman–Crippen MR) is 104 cm³/mol. The van der Waals surface area contributed by atoms with Gasteiger partial charge in [-0.3, -0.25) is 0 Å². The van der Waals surface area contributed by atoms with Gasteiger partial charge in [-0.05, 0) is 30.0 Å². The standard InChI is InChI=1S/C17H13Cl2F3N4O2S/c1-2-29-16-25-24-15(17(20,21)22)26(16)23-8-10-6-7-11(28-10)9-27-14-12(18)4-3-5-13(14)19/h3-8H,2,9H2,1H3/b23-8-. The summed E-state index contributed by atoms with van der Waals surface area (Å²) in [6.07, 6.45) is -3.54. The van der Waals surface area contributed by atoms with E-state index in [-0.39, 0.29) is 17.5 Å². The second-order valence-electron chi connectivity index (χ2n) is 5.44. The van der Waals surface area contributed by atoms with Gasteiger partial charge in [0.1, 0.15) is 18.1 Å². The van der Waals surface area contributed by atoms with E-state index in [1.165, 1.54) is 0 Å². The molecule has 3 rings (SSSR count). The van der Waals surface area contributed by atoms with Gasteiger partial charge < -0.3 is 9.15 Å². The molecule has 2 aromatic heterocycles. The molecule has 0 atom stereocenters.